The molecule has 0 amide bonds. The van der Waals surface area contributed by atoms with Crippen LogP contribution in [-0.4, -0.2) is 40.9 Å². The summed E-state index contributed by atoms with van der Waals surface area (Å²) < 4.78 is 6.22. The lowest BCUT2D eigenvalue weighted by molar-refractivity contribution is -0.145. The summed E-state index contributed by atoms with van der Waals surface area (Å²) in [5.74, 6) is -0.128. The Balaban J connectivity index is 1.92. The van der Waals surface area contributed by atoms with Crippen LogP contribution >= 0.6 is 0 Å². The molecule has 8 heteroatoms. The number of nitrogens with zero attached hydrogens (tertiary/aromatic N) is 4. The molecule has 0 aliphatic carbocycles. The summed E-state index contributed by atoms with van der Waals surface area (Å²) in [6, 6.07) is 6.72. The van der Waals surface area contributed by atoms with Crippen molar-refractivity contribution in [2.75, 3.05) is 30.8 Å². The number of anilines is 2. The van der Waals surface area contributed by atoms with Crippen molar-refractivity contribution in [2.45, 2.75) is 5.92 Å². The van der Waals surface area contributed by atoms with Gasteiger partial charge in [-0.2, -0.15) is 5.10 Å². The minimum absolute atomic E-state index is 0.128. The molecule has 0 aromatic carbocycles. The molecule has 1 aliphatic heterocycles. The van der Waals surface area contributed by atoms with Crippen LogP contribution in [0.4, 0.5) is 11.5 Å². The maximum atomic E-state index is 12.2. The van der Waals surface area contributed by atoms with Crippen molar-refractivity contribution in [1.82, 2.24) is 14.8 Å². The first-order valence-electron chi connectivity index (χ1n) is 7.58. The lowest BCUT2D eigenvalue weighted by atomic mass is 9.92. The minimum atomic E-state index is -0.356. The van der Waals surface area contributed by atoms with Crippen LogP contribution in [0, 0.1) is 5.92 Å². The molecule has 24 heavy (non-hydrogen) atoms. The Morgan fingerprint density at radius 1 is 1.29 bits per heavy atom. The van der Waals surface area contributed by atoms with Crippen molar-refractivity contribution in [3.8, 4) is 0 Å². The molecule has 0 unspecified atom stereocenters. The predicted octanol–water partition coefficient (Wildman–Crippen LogP) is 0.151. The van der Waals surface area contributed by atoms with Gasteiger partial charge in [-0.3, -0.25) is 14.6 Å². The van der Waals surface area contributed by atoms with Gasteiger partial charge in [-0.15, -0.1) is 0 Å². The maximum Gasteiger partial charge on any atom is 0.311 e. The molecule has 1 saturated heterocycles. The molecule has 0 spiro atoms. The Kier molecular flexibility index (Phi) is 4.20. The van der Waals surface area contributed by atoms with Crippen LogP contribution in [0.3, 0.4) is 0 Å². The number of carbonyl (C=O) groups is 1. The fraction of sp³-hybridized carbons (Fsp3) is 0.375. The zero-order valence-corrected chi connectivity index (χ0v) is 13.5. The number of pyridine rings is 1. The first kappa shape index (κ1) is 16.0. The normalized spacial score (nSPS) is 20.2. The number of aromatic nitrogens is 3. The Hall–Kier alpha value is -2.90. The Bertz CT molecular complexity index is 802. The summed E-state index contributed by atoms with van der Waals surface area (Å²) in [7, 11) is 2.97. The topological polar surface area (TPSA) is 103 Å². The molecule has 3 rings (SSSR count). The third-order valence-electron chi connectivity index (χ3n) is 4.28. The molecule has 1 fully saturated rings. The number of aryl methyl sites for hydroxylation is 1. The Morgan fingerprint density at radius 3 is 2.71 bits per heavy atom. The lowest BCUT2D eigenvalue weighted by Crippen LogP contribution is -2.27. The molecule has 2 atom stereocenters. The van der Waals surface area contributed by atoms with E-state index in [1.165, 1.54) is 17.9 Å². The average molecular weight is 329 g/mol. The summed E-state index contributed by atoms with van der Waals surface area (Å²) in [5, 5.41) is 4.25. The number of esters is 1. The smallest absolute Gasteiger partial charge is 0.311 e. The van der Waals surface area contributed by atoms with Gasteiger partial charge in [0.15, 0.2) is 0 Å². The second-order valence-corrected chi connectivity index (χ2v) is 5.81. The second kappa shape index (κ2) is 6.31. The summed E-state index contributed by atoms with van der Waals surface area (Å²) >= 11 is 0. The largest absolute Gasteiger partial charge is 0.469 e. The highest BCUT2D eigenvalue weighted by atomic mass is 16.5. The van der Waals surface area contributed by atoms with Crippen molar-refractivity contribution in [3.05, 3.63) is 46.5 Å². The van der Waals surface area contributed by atoms with E-state index in [0.29, 0.717) is 24.6 Å². The van der Waals surface area contributed by atoms with E-state index in [2.05, 4.69) is 10.1 Å². The first-order valence-corrected chi connectivity index (χ1v) is 7.58. The van der Waals surface area contributed by atoms with Gasteiger partial charge < -0.3 is 15.4 Å². The molecule has 2 N–H and O–H groups in total. The van der Waals surface area contributed by atoms with Gasteiger partial charge in [0.1, 0.15) is 5.82 Å². The summed E-state index contributed by atoms with van der Waals surface area (Å²) in [5.41, 5.74) is 6.86. The van der Waals surface area contributed by atoms with Crippen LogP contribution in [0.5, 0.6) is 0 Å². The monoisotopic (exact) mass is 329 g/mol. The molecular weight excluding hydrogens is 310 g/mol. The quantitative estimate of drug-likeness (QED) is 0.799. The van der Waals surface area contributed by atoms with E-state index >= 15 is 0 Å². The maximum absolute atomic E-state index is 12.2. The summed E-state index contributed by atoms with van der Waals surface area (Å²) in [6.07, 6.45) is 1.58. The summed E-state index contributed by atoms with van der Waals surface area (Å²) in [4.78, 5) is 30.0. The van der Waals surface area contributed by atoms with Gasteiger partial charge in [0.25, 0.3) is 5.56 Å². The van der Waals surface area contributed by atoms with Gasteiger partial charge in [-0.25, -0.2) is 4.68 Å². The van der Waals surface area contributed by atoms with E-state index in [-0.39, 0.29) is 23.4 Å². The predicted molar refractivity (Wildman–Crippen MR) is 88.6 cm³/mol. The fourth-order valence-electron chi connectivity index (χ4n) is 2.98. The van der Waals surface area contributed by atoms with Gasteiger partial charge in [0.2, 0.25) is 0 Å². The SMILES string of the molecule is COC(=O)[C@@H]1CN(c2ccc(=O)n(C)n2)C[C@H]1c1ccc(N)cn1. The summed E-state index contributed by atoms with van der Waals surface area (Å²) in [6.45, 7) is 1.01. The number of carbonyl (C=O) groups excluding carboxylic acids is 1. The molecule has 1 aliphatic rings. The van der Waals surface area contributed by atoms with Crippen molar-refractivity contribution < 1.29 is 9.53 Å². The molecule has 2 aromatic rings. The van der Waals surface area contributed by atoms with E-state index in [9.17, 15) is 9.59 Å². The molecule has 8 nitrogen and oxygen atoms in total. The van der Waals surface area contributed by atoms with Gasteiger partial charge >= 0.3 is 5.97 Å². The van der Waals surface area contributed by atoms with E-state index in [1.54, 1.807) is 25.4 Å². The van der Waals surface area contributed by atoms with Crippen molar-refractivity contribution in [1.29, 1.82) is 0 Å². The van der Waals surface area contributed by atoms with Crippen molar-refractivity contribution >= 4 is 17.5 Å². The van der Waals surface area contributed by atoms with Crippen LogP contribution in [-0.2, 0) is 16.6 Å². The molecule has 0 radical (unpaired) electrons. The zero-order chi connectivity index (χ0) is 17.3. The fourth-order valence-corrected chi connectivity index (χ4v) is 2.98. The Morgan fingerprint density at radius 2 is 2.08 bits per heavy atom. The highest BCUT2D eigenvalue weighted by Gasteiger charge is 2.40. The number of hydrogen-bond acceptors (Lipinski definition) is 7. The van der Waals surface area contributed by atoms with Crippen LogP contribution in [0.2, 0.25) is 0 Å². The van der Waals surface area contributed by atoms with E-state index in [0.717, 1.165) is 5.69 Å². The number of hydrogen-bond donors (Lipinski definition) is 1. The van der Waals surface area contributed by atoms with Crippen LogP contribution in [0.15, 0.2) is 35.3 Å². The van der Waals surface area contributed by atoms with E-state index in [1.807, 2.05) is 11.0 Å². The highest BCUT2D eigenvalue weighted by Crippen LogP contribution is 2.34. The minimum Gasteiger partial charge on any atom is -0.469 e. The number of rotatable bonds is 3. The number of methoxy groups -OCH3 is 1. The molecule has 126 valence electrons. The van der Waals surface area contributed by atoms with Gasteiger partial charge in [0.05, 0.1) is 24.9 Å². The lowest BCUT2D eigenvalue weighted by Gasteiger charge is -2.17. The first-order chi connectivity index (χ1) is 11.5. The standard InChI is InChI=1S/C16H19N5O3/c1-20-15(22)6-5-14(19-20)21-8-11(12(9-21)16(23)24-2)13-4-3-10(17)7-18-13/h3-7,11-12H,8-9,17H2,1-2H3/t11-,12-/m1/s1. The molecular formula is C16H19N5O3. The molecule has 3 heterocycles. The van der Waals surface area contributed by atoms with Crippen LogP contribution in [0.25, 0.3) is 0 Å². The average Bonchev–Trinajstić information content (AvgIpc) is 3.02. The van der Waals surface area contributed by atoms with Gasteiger partial charge in [-0.1, -0.05) is 0 Å². The highest BCUT2D eigenvalue weighted by molar-refractivity contribution is 5.75. The van der Waals surface area contributed by atoms with Gasteiger partial charge in [-0.05, 0) is 18.2 Å². The molecule has 0 bridgehead atoms. The number of ether oxygens (including phenoxy) is 1. The van der Waals surface area contributed by atoms with Crippen LogP contribution < -0.4 is 16.2 Å². The Labute approximate surface area is 138 Å². The number of nitrogens with two attached hydrogens (primary N) is 1. The van der Waals surface area contributed by atoms with Crippen LogP contribution in [0.1, 0.15) is 11.6 Å². The van der Waals surface area contributed by atoms with Crippen molar-refractivity contribution in [3.63, 3.8) is 0 Å². The molecule has 0 saturated carbocycles. The second-order valence-electron chi connectivity index (χ2n) is 5.81. The zero-order valence-electron chi connectivity index (χ0n) is 13.5. The van der Waals surface area contributed by atoms with E-state index < -0.39 is 0 Å². The van der Waals surface area contributed by atoms with Gasteiger partial charge in [0, 0.05) is 37.8 Å². The number of nitrogen functional groups attached to an aromatic ring is 1. The van der Waals surface area contributed by atoms with Crippen molar-refractivity contribution in [2.24, 2.45) is 13.0 Å². The third-order valence-corrected chi connectivity index (χ3v) is 4.28. The molecule has 2 aromatic heterocycles. The third kappa shape index (κ3) is 2.94. The van der Waals surface area contributed by atoms with E-state index in [4.69, 9.17) is 10.5 Å².